The summed E-state index contributed by atoms with van der Waals surface area (Å²) in [4.78, 5) is 17.0. The third kappa shape index (κ3) is 4.03. The van der Waals surface area contributed by atoms with Crippen molar-refractivity contribution in [3.63, 3.8) is 0 Å². The molecule has 0 unspecified atom stereocenters. The van der Waals surface area contributed by atoms with Crippen LogP contribution in [-0.4, -0.2) is 18.1 Å². The van der Waals surface area contributed by atoms with Crippen molar-refractivity contribution in [3.8, 4) is 22.7 Å². The Hall–Kier alpha value is -2.54. The van der Waals surface area contributed by atoms with E-state index < -0.39 is 11.6 Å². The second-order valence-corrected chi connectivity index (χ2v) is 8.30. The van der Waals surface area contributed by atoms with Gasteiger partial charge in [-0.3, -0.25) is 4.79 Å². The summed E-state index contributed by atoms with van der Waals surface area (Å²) in [7, 11) is 1.39. The van der Waals surface area contributed by atoms with Crippen LogP contribution in [0.25, 0.3) is 22.7 Å². The summed E-state index contributed by atoms with van der Waals surface area (Å²) >= 11 is 3.43. The second kappa shape index (κ2) is 8.68. The van der Waals surface area contributed by atoms with Gasteiger partial charge < -0.3 is 9.15 Å². The van der Waals surface area contributed by atoms with E-state index in [2.05, 4.69) is 20.9 Å². The van der Waals surface area contributed by atoms with Gasteiger partial charge in [0.2, 0.25) is 5.89 Å². The molecule has 2 aromatic carbocycles. The van der Waals surface area contributed by atoms with Crippen LogP contribution >= 0.6 is 15.9 Å². The van der Waals surface area contributed by atoms with E-state index in [0.717, 1.165) is 41.4 Å². The number of esters is 1. The first-order chi connectivity index (χ1) is 14.5. The lowest BCUT2D eigenvalue weighted by molar-refractivity contribution is -0.147. The van der Waals surface area contributed by atoms with Crippen molar-refractivity contribution in [3.05, 3.63) is 64.3 Å². The summed E-state index contributed by atoms with van der Waals surface area (Å²) in [6, 6.07) is 11.1. The largest absolute Gasteiger partial charge is 0.469 e. The predicted molar refractivity (Wildman–Crippen MR) is 112 cm³/mol. The number of carbonyl (C=O) groups excluding carboxylic acids is 1. The van der Waals surface area contributed by atoms with Gasteiger partial charge in [0.15, 0.2) is 11.6 Å². The van der Waals surface area contributed by atoms with Gasteiger partial charge in [-0.05, 0) is 43.2 Å². The maximum atomic E-state index is 13.8. The molecule has 30 heavy (non-hydrogen) atoms. The topological polar surface area (TPSA) is 52.3 Å². The molecule has 1 heterocycles. The minimum atomic E-state index is -0.970. The van der Waals surface area contributed by atoms with Gasteiger partial charge >= 0.3 is 5.97 Å². The minimum absolute atomic E-state index is 0.191. The molecule has 1 aliphatic carbocycles. The van der Waals surface area contributed by atoms with Crippen molar-refractivity contribution in [1.29, 1.82) is 0 Å². The van der Waals surface area contributed by atoms with Gasteiger partial charge in [0, 0.05) is 21.5 Å². The van der Waals surface area contributed by atoms with E-state index in [1.807, 2.05) is 24.3 Å². The first kappa shape index (κ1) is 20.7. The fourth-order valence-electron chi connectivity index (χ4n) is 4.03. The molecule has 4 nitrogen and oxygen atoms in total. The Morgan fingerprint density at radius 2 is 1.77 bits per heavy atom. The maximum absolute atomic E-state index is 13.8. The van der Waals surface area contributed by atoms with E-state index in [0.29, 0.717) is 23.4 Å². The lowest BCUT2D eigenvalue weighted by Crippen LogP contribution is -2.26. The van der Waals surface area contributed by atoms with Crippen LogP contribution in [0.4, 0.5) is 8.78 Å². The van der Waals surface area contributed by atoms with Gasteiger partial charge in [-0.25, -0.2) is 13.8 Å². The quantitative estimate of drug-likeness (QED) is 0.404. The third-order valence-electron chi connectivity index (χ3n) is 5.54. The van der Waals surface area contributed by atoms with E-state index in [-0.39, 0.29) is 23.7 Å². The summed E-state index contributed by atoms with van der Waals surface area (Å²) in [5.41, 5.74) is 1.76. The standard InChI is InChI=1S/C23H20BrF2NO3/c1-29-23(28)17-5-3-2-4-16(17)21-20(13-6-9-15(24)10-7-13)27-22(30-21)14-8-11-18(25)19(26)12-14/h6-12,16-17H,2-5H2,1H3/t16-,17-/m1/s1. The molecule has 1 fully saturated rings. The smallest absolute Gasteiger partial charge is 0.309 e. The molecule has 0 spiro atoms. The summed E-state index contributed by atoms with van der Waals surface area (Å²) < 4.78 is 39.3. The molecule has 0 radical (unpaired) electrons. The first-order valence-electron chi connectivity index (χ1n) is 9.78. The zero-order chi connectivity index (χ0) is 21.3. The number of ether oxygens (including phenoxy) is 1. The van der Waals surface area contributed by atoms with Gasteiger partial charge in [0.25, 0.3) is 0 Å². The first-order valence-corrected chi connectivity index (χ1v) is 10.6. The van der Waals surface area contributed by atoms with Crippen LogP contribution in [0.15, 0.2) is 51.4 Å². The molecule has 0 bridgehead atoms. The molecular formula is C23H20BrF2NO3. The average molecular weight is 476 g/mol. The van der Waals surface area contributed by atoms with Gasteiger partial charge in [-0.2, -0.15) is 0 Å². The fourth-order valence-corrected chi connectivity index (χ4v) is 4.29. The van der Waals surface area contributed by atoms with E-state index >= 15 is 0 Å². The Bertz CT molecular complexity index is 1060. The molecule has 0 aliphatic heterocycles. The normalized spacial score (nSPS) is 18.9. The molecule has 3 aromatic rings. The van der Waals surface area contributed by atoms with Crippen LogP contribution in [0.5, 0.6) is 0 Å². The van der Waals surface area contributed by atoms with E-state index in [1.54, 1.807) is 0 Å². The van der Waals surface area contributed by atoms with Crippen molar-refractivity contribution < 1.29 is 22.7 Å². The number of hydrogen-bond donors (Lipinski definition) is 0. The van der Waals surface area contributed by atoms with Crippen LogP contribution in [0.1, 0.15) is 37.4 Å². The minimum Gasteiger partial charge on any atom is -0.469 e. The van der Waals surface area contributed by atoms with Crippen LogP contribution in [-0.2, 0) is 9.53 Å². The van der Waals surface area contributed by atoms with Gasteiger partial charge in [-0.15, -0.1) is 0 Å². The zero-order valence-electron chi connectivity index (χ0n) is 16.3. The van der Waals surface area contributed by atoms with Crippen molar-refractivity contribution in [2.45, 2.75) is 31.6 Å². The van der Waals surface area contributed by atoms with E-state index in [4.69, 9.17) is 9.15 Å². The van der Waals surface area contributed by atoms with E-state index in [9.17, 15) is 13.6 Å². The number of halogens is 3. The Kier molecular flexibility index (Phi) is 5.99. The molecule has 0 N–H and O–H groups in total. The highest BCUT2D eigenvalue weighted by atomic mass is 79.9. The predicted octanol–water partition coefficient (Wildman–Crippen LogP) is 6.50. The number of oxazole rings is 1. The van der Waals surface area contributed by atoms with Crippen LogP contribution < -0.4 is 0 Å². The monoisotopic (exact) mass is 475 g/mol. The lowest BCUT2D eigenvalue weighted by atomic mass is 9.77. The van der Waals surface area contributed by atoms with Crippen molar-refractivity contribution in [1.82, 2.24) is 4.98 Å². The van der Waals surface area contributed by atoms with Crippen molar-refractivity contribution in [2.75, 3.05) is 7.11 Å². The van der Waals surface area contributed by atoms with Gasteiger partial charge in [0.05, 0.1) is 13.0 Å². The number of benzene rings is 2. The van der Waals surface area contributed by atoms with Crippen molar-refractivity contribution in [2.24, 2.45) is 5.92 Å². The highest BCUT2D eigenvalue weighted by Crippen LogP contribution is 2.44. The van der Waals surface area contributed by atoms with Crippen LogP contribution in [0.3, 0.4) is 0 Å². The Balaban J connectivity index is 1.84. The number of rotatable bonds is 4. The molecule has 4 rings (SSSR count). The van der Waals surface area contributed by atoms with Crippen molar-refractivity contribution >= 4 is 21.9 Å². The number of nitrogens with zero attached hydrogens (tertiary/aromatic N) is 1. The summed E-state index contributed by atoms with van der Waals surface area (Å²) in [6.07, 6.45) is 3.36. The lowest BCUT2D eigenvalue weighted by Gasteiger charge is -2.28. The number of methoxy groups -OCH3 is 1. The maximum Gasteiger partial charge on any atom is 0.309 e. The van der Waals surface area contributed by atoms with Gasteiger partial charge in [0.1, 0.15) is 11.5 Å². The van der Waals surface area contributed by atoms with Crippen LogP contribution in [0.2, 0.25) is 0 Å². The van der Waals surface area contributed by atoms with E-state index in [1.165, 1.54) is 13.2 Å². The molecule has 1 saturated carbocycles. The summed E-state index contributed by atoms with van der Waals surface area (Å²) in [6.45, 7) is 0. The summed E-state index contributed by atoms with van der Waals surface area (Å²) in [5, 5.41) is 0. The SMILES string of the molecule is COC(=O)[C@@H]1CCCC[C@H]1c1oc(-c2ccc(F)c(F)c2)nc1-c1ccc(Br)cc1. The highest BCUT2D eigenvalue weighted by Gasteiger charge is 2.37. The molecule has 1 aromatic heterocycles. The van der Waals surface area contributed by atoms with Gasteiger partial charge in [-0.1, -0.05) is 40.9 Å². The highest BCUT2D eigenvalue weighted by molar-refractivity contribution is 9.10. The molecule has 0 amide bonds. The third-order valence-corrected chi connectivity index (χ3v) is 6.07. The zero-order valence-corrected chi connectivity index (χ0v) is 17.9. The number of aromatic nitrogens is 1. The van der Waals surface area contributed by atoms with Crippen LogP contribution in [0, 0.1) is 17.6 Å². The Labute approximate surface area is 181 Å². The second-order valence-electron chi connectivity index (χ2n) is 7.39. The Morgan fingerprint density at radius 3 is 2.47 bits per heavy atom. The average Bonchev–Trinajstić information content (AvgIpc) is 3.21. The molecule has 0 saturated heterocycles. The number of hydrogen-bond acceptors (Lipinski definition) is 4. The molecular weight excluding hydrogens is 456 g/mol. The molecule has 156 valence electrons. The number of carbonyl (C=O) groups is 1. The molecule has 7 heteroatoms. The fraction of sp³-hybridized carbons (Fsp3) is 0.304. The molecule has 2 atom stereocenters. The molecule has 1 aliphatic rings. The Morgan fingerprint density at radius 1 is 1.07 bits per heavy atom. The summed E-state index contributed by atoms with van der Waals surface area (Å²) in [5.74, 6) is -1.94.